The van der Waals surface area contributed by atoms with E-state index in [-0.39, 0.29) is 12.6 Å². The van der Waals surface area contributed by atoms with Gasteiger partial charge in [-0.3, -0.25) is 0 Å². The first-order chi connectivity index (χ1) is 8.20. The van der Waals surface area contributed by atoms with Crippen LogP contribution in [0.25, 0.3) is 0 Å². The van der Waals surface area contributed by atoms with Gasteiger partial charge in [-0.05, 0) is 26.7 Å². The predicted molar refractivity (Wildman–Crippen MR) is 71.4 cm³/mol. The molecule has 5 heteroatoms. The third-order valence-corrected chi connectivity index (χ3v) is 3.52. The van der Waals surface area contributed by atoms with Gasteiger partial charge in [0.25, 0.3) is 0 Å². The zero-order valence-corrected chi connectivity index (χ0v) is 13.2. The minimum Gasteiger partial charge on any atom is -0.373 e. The Hall–Kier alpha value is 0.0569. The molecule has 0 heterocycles. The van der Waals surface area contributed by atoms with Gasteiger partial charge in [0.2, 0.25) is 0 Å². The molecule has 0 spiro atoms. The van der Waals surface area contributed by atoms with E-state index in [1.807, 2.05) is 13.8 Å². The van der Waals surface area contributed by atoms with E-state index in [0.29, 0.717) is 0 Å². The molecule has 0 aromatic rings. The van der Waals surface area contributed by atoms with E-state index in [4.69, 9.17) is 18.3 Å². The number of unbranched alkanes of at least 4 members (excludes halogenated alkanes) is 2. The Bertz CT molecular complexity index is 141. The highest BCUT2D eigenvalue weighted by atomic mass is 28.3. The average Bonchev–Trinajstić information content (AvgIpc) is 2.30. The minimum absolute atomic E-state index is 0.156. The van der Waals surface area contributed by atoms with Crippen LogP contribution in [0.4, 0.5) is 0 Å². The lowest BCUT2D eigenvalue weighted by Crippen LogP contribution is -2.23. The lowest BCUT2D eigenvalue weighted by Gasteiger charge is -2.17. The largest absolute Gasteiger partial charge is 0.373 e. The van der Waals surface area contributed by atoms with Crippen molar-refractivity contribution in [3.63, 3.8) is 0 Å². The van der Waals surface area contributed by atoms with Gasteiger partial charge < -0.3 is 18.3 Å². The van der Waals surface area contributed by atoms with E-state index < -0.39 is 10.0 Å². The first kappa shape index (κ1) is 17.1. The lowest BCUT2D eigenvalue weighted by atomic mass is 10.4. The average molecular weight is 264 g/mol. The third kappa shape index (κ3) is 12.3. The van der Waals surface area contributed by atoms with Crippen molar-refractivity contribution in [1.82, 2.24) is 0 Å². The van der Waals surface area contributed by atoms with Crippen molar-refractivity contribution in [2.75, 3.05) is 13.2 Å². The molecule has 2 atom stereocenters. The standard InChI is InChI=1S/C12H28O4Si/c1-5-7-9-13-11(3)15-17-16-12(4)14-10-8-6-2/h11-12H,5-10,17H2,1-4H3. The van der Waals surface area contributed by atoms with Crippen LogP contribution in [0.15, 0.2) is 0 Å². The molecule has 0 aliphatic carbocycles. The maximum atomic E-state index is 5.48. The molecule has 0 aromatic heterocycles. The Balaban J connectivity index is 3.29. The van der Waals surface area contributed by atoms with Crippen LogP contribution in [0.5, 0.6) is 0 Å². The van der Waals surface area contributed by atoms with E-state index in [9.17, 15) is 0 Å². The fourth-order valence-corrected chi connectivity index (χ4v) is 1.77. The molecular formula is C12H28O4Si. The summed E-state index contributed by atoms with van der Waals surface area (Å²) >= 11 is 0. The van der Waals surface area contributed by atoms with Gasteiger partial charge in [-0.1, -0.05) is 26.7 Å². The van der Waals surface area contributed by atoms with Crippen molar-refractivity contribution in [2.45, 2.75) is 66.0 Å². The topological polar surface area (TPSA) is 36.9 Å². The maximum Gasteiger partial charge on any atom is 0.308 e. The number of rotatable bonds is 12. The number of ether oxygens (including phenoxy) is 2. The lowest BCUT2D eigenvalue weighted by molar-refractivity contribution is -0.108. The van der Waals surface area contributed by atoms with Crippen LogP contribution < -0.4 is 0 Å². The molecule has 0 aliphatic heterocycles. The fraction of sp³-hybridized carbons (Fsp3) is 1.00. The molecule has 104 valence electrons. The molecular weight excluding hydrogens is 236 g/mol. The van der Waals surface area contributed by atoms with Gasteiger partial charge in [-0.15, -0.1) is 0 Å². The molecule has 2 unspecified atom stereocenters. The Morgan fingerprint density at radius 1 is 0.824 bits per heavy atom. The SMILES string of the molecule is CCCCOC(C)O[SiH2]OC(C)OCCCC. The van der Waals surface area contributed by atoms with Gasteiger partial charge in [0.1, 0.15) is 12.6 Å². The monoisotopic (exact) mass is 264 g/mol. The van der Waals surface area contributed by atoms with Gasteiger partial charge in [-0.2, -0.15) is 0 Å². The van der Waals surface area contributed by atoms with Crippen LogP contribution >= 0.6 is 0 Å². The van der Waals surface area contributed by atoms with Gasteiger partial charge in [0.05, 0.1) is 0 Å². The summed E-state index contributed by atoms with van der Waals surface area (Å²) in [5.74, 6) is 0. The zero-order chi connectivity index (χ0) is 12.9. The molecule has 0 radical (unpaired) electrons. The van der Waals surface area contributed by atoms with Gasteiger partial charge in [-0.25, -0.2) is 0 Å². The first-order valence-corrected chi connectivity index (χ1v) is 7.82. The van der Waals surface area contributed by atoms with Gasteiger partial charge >= 0.3 is 10.0 Å². The van der Waals surface area contributed by atoms with Crippen LogP contribution in [0.2, 0.25) is 0 Å². The van der Waals surface area contributed by atoms with Crippen LogP contribution in [0, 0.1) is 0 Å². The van der Waals surface area contributed by atoms with Crippen molar-refractivity contribution in [3.05, 3.63) is 0 Å². The van der Waals surface area contributed by atoms with Crippen LogP contribution in [-0.2, 0) is 18.3 Å². The second kappa shape index (κ2) is 12.5. The molecule has 0 amide bonds. The number of hydrogen-bond acceptors (Lipinski definition) is 4. The van der Waals surface area contributed by atoms with E-state index in [2.05, 4.69) is 13.8 Å². The summed E-state index contributed by atoms with van der Waals surface area (Å²) in [5.41, 5.74) is 0. The number of hydrogen-bond donors (Lipinski definition) is 0. The summed E-state index contributed by atoms with van der Waals surface area (Å²) in [6.07, 6.45) is 4.12. The van der Waals surface area contributed by atoms with Crippen molar-refractivity contribution < 1.29 is 18.3 Å². The summed E-state index contributed by atoms with van der Waals surface area (Å²) in [6, 6.07) is 0. The molecule has 0 saturated heterocycles. The fourth-order valence-electron chi connectivity index (χ4n) is 1.11. The molecule has 0 rings (SSSR count). The van der Waals surface area contributed by atoms with Crippen LogP contribution in [-0.4, -0.2) is 35.8 Å². The minimum atomic E-state index is -1.00. The highest BCUT2D eigenvalue weighted by Crippen LogP contribution is 1.99. The molecule has 4 nitrogen and oxygen atoms in total. The molecule has 17 heavy (non-hydrogen) atoms. The van der Waals surface area contributed by atoms with Crippen LogP contribution in [0.3, 0.4) is 0 Å². The highest BCUT2D eigenvalue weighted by Gasteiger charge is 2.05. The molecule has 0 bridgehead atoms. The quantitative estimate of drug-likeness (QED) is 0.308. The summed E-state index contributed by atoms with van der Waals surface area (Å²) in [5, 5.41) is 0. The first-order valence-electron chi connectivity index (χ1n) is 6.67. The highest BCUT2D eigenvalue weighted by molar-refractivity contribution is 6.18. The van der Waals surface area contributed by atoms with E-state index >= 15 is 0 Å². The van der Waals surface area contributed by atoms with Crippen molar-refractivity contribution in [1.29, 1.82) is 0 Å². The Morgan fingerprint density at radius 3 is 1.59 bits per heavy atom. The van der Waals surface area contributed by atoms with Gasteiger partial charge in [0, 0.05) is 13.2 Å². The van der Waals surface area contributed by atoms with Crippen molar-refractivity contribution >= 4 is 10.0 Å². The Kier molecular flexibility index (Phi) is 12.6. The smallest absolute Gasteiger partial charge is 0.308 e. The maximum absolute atomic E-state index is 5.48. The zero-order valence-electron chi connectivity index (χ0n) is 11.7. The molecule has 0 aromatic carbocycles. The molecule has 0 aliphatic rings. The Morgan fingerprint density at radius 2 is 1.24 bits per heavy atom. The van der Waals surface area contributed by atoms with Gasteiger partial charge in [0.15, 0.2) is 0 Å². The third-order valence-electron chi connectivity index (χ3n) is 2.31. The summed E-state index contributed by atoms with van der Waals surface area (Å²) in [6.45, 7) is 9.62. The van der Waals surface area contributed by atoms with Crippen molar-refractivity contribution in [2.24, 2.45) is 0 Å². The molecule has 0 fully saturated rings. The predicted octanol–water partition coefficient (Wildman–Crippen LogP) is 2.34. The van der Waals surface area contributed by atoms with Crippen molar-refractivity contribution in [3.8, 4) is 0 Å². The second-order valence-corrected chi connectivity index (χ2v) is 4.94. The van der Waals surface area contributed by atoms with Crippen LogP contribution in [0.1, 0.15) is 53.4 Å². The Labute approximate surface area is 108 Å². The molecule has 0 saturated carbocycles. The second-order valence-electron chi connectivity index (χ2n) is 4.04. The van der Waals surface area contributed by atoms with E-state index in [1.165, 1.54) is 0 Å². The molecule has 0 N–H and O–H groups in total. The summed E-state index contributed by atoms with van der Waals surface area (Å²) < 4.78 is 21.9. The summed E-state index contributed by atoms with van der Waals surface area (Å²) in [4.78, 5) is 0. The van der Waals surface area contributed by atoms with E-state index in [0.717, 1.165) is 38.9 Å². The summed E-state index contributed by atoms with van der Waals surface area (Å²) in [7, 11) is -1.00. The van der Waals surface area contributed by atoms with E-state index in [1.54, 1.807) is 0 Å². The normalized spacial score (nSPS) is 15.5.